The van der Waals surface area contributed by atoms with Crippen LogP contribution in [0, 0.1) is 11.6 Å². The molecular formula is C20H14F2N2O2. The second-order valence-corrected chi connectivity index (χ2v) is 5.87. The smallest absolute Gasteiger partial charge is 0.262 e. The zero-order valence-corrected chi connectivity index (χ0v) is 13.6. The third-order valence-corrected chi connectivity index (χ3v) is 3.99. The van der Waals surface area contributed by atoms with Crippen LogP contribution in [-0.2, 0) is 4.79 Å². The number of aromatic amines is 1. The highest BCUT2D eigenvalue weighted by atomic mass is 19.1. The molecule has 0 saturated heterocycles. The van der Waals surface area contributed by atoms with Gasteiger partial charge in [-0.1, -0.05) is 18.2 Å². The third kappa shape index (κ3) is 3.21. The number of fused-ring (bicyclic) bond motifs is 3. The quantitative estimate of drug-likeness (QED) is 0.563. The molecule has 6 heteroatoms. The summed E-state index contributed by atoms with van der Waals surface area (Å²) in [5.41, 5.74) is 1.96. The second-order valence-electron chi connectivity index (χ2n) is 5.87. The Labute approximate surface area is 147 Å². The number of hydrogen-bond acceptors (Lipinski definition) is 2. The predicted molar refractivity (Wildman–Crippen MR) is 96.3 cm³/mol. The van der Waals surface area contributed by atoms with E-state index in [2.05, 4.69) is 10.3 Å². The van der Waals surface area contributed by atoms with Gasteiger partial charge in [0.2, 0.25) is 0 Å². The van der Waals surface area contributed by atoms with Gasteiger partial charge < -0.3 is 15.0 Å². The lowest BCUT2D eigenvalue weighted by Gasteiger charge is -2.08. The van der Waals surface area contributed by atoms with Crippen LogP contribution < -0.4 is 10.1 Å². The van der Waals surface area contributed by atoms with E-state index in [0.29, 0.717) is 5.75 Å². The van der Waals surface area contributed by atoms with Gasteiger partial charge in [-0.2, -0.15) is 0 Å². The van der Waals surface area contributed by atoms with E-state index in [0.717, 1.165) is 40.0 Å². The minimum atomic E-state index is -0.759. The summed E-state index contributed by atoms with van der Waals surface area (Å²) in [6.45, 7) is -0.274. The molecule has 0 unspecified atom stereocenters. The average molecular weight is 352 g/mol. The van der Waals surface area contributed by atoms with Crippen molar-refractivity contribution in [1.29, 1.82) is 0 Å². The number of rotatable bonds is 4. The molecule has 3 aromatic carbocycles. The molecule has 1 aromatic heterocycles. The van der Waals surface area contributed by atoms with Gasteiger partial charge in [-0.05, 0) is 30.3 Å². The summed E-state index contributed by atoms with van der Waals surface area (Å²) >= 11 is 0. The van der Waals surface area contributed by atoms with Gasteiger partial charge in [-0.3, -0.25) is 4.79 Å². The number of hydrogen-bond donors (Lipinski definition) is 2. The molecular weight excluding hydrogens is 338 g/mol. The van der Waals surface area contributed by atoms with E-state index in [1.807, 2.05) is 36.4 Å². The van der Waals surface area contributed by atoms with Gasteiger partial charge in [0.1, 0.15) is 17.4 Å². The summed E-state index contributed by atoms with van der Waals surface area (Å²) in [6.07, 6.45) is 0. The molecule has 4 aromatic rings. The standard InChI is InChI=1S/C20H14F2N2O2/c21-12-7-13(22)9-14(8-12)23-20(25)11-26-15-5-6-17-16-3-1-2-4-18(16)24-19(17)10-15/h1-10,24H,11H2,(H,23,25). The Balaban J connectivity index is 1.47. The number of amides is 1. The van der Waals surface area contributed by atoms with Crippen LogP contribution >= 0.6 is 0 Å². The van der Waals surface area contributed by atoms with Gasteiger partial charge in [0.05, 0.1) is 5.52 Å². The first kappa shape index (κ1) is 16.1. The number of anilines is 1. The first-order valence-electron chi connectivity index (χ1n) is 7.98. The molecule has 0 radical (unpaired) electrons. The molecule has 130 valence electrons. The Morgan fingerprint density at radius 3 is 2.46 bits per heavy atom. The minimum Gasteiger partial charge on any atom is -0.484 e. The van der Waals surface area contributed by atoms with Gasteiger partial charge in [-0.25, -0.2) is 8.78 Å². The van der Waals surface area contributed by atoms with Gasteiger partial charge in [-0.15, -0.1) is 0 Å². The van der Waals surface area contributed by atoms with Crippen molar-refractivity contribution in [3.8, 4) is 5.75 Å². The van der Waals surface area contributed by atoms with Crippen molar-refractivity contribution in [2.45, 2.75) is 0 Å². The average Bonchev–Trinajstić information content (AvgIpc) is 2.97. The highest BCUT2D eigenvalue weighted by Gasteiger charge is 2.08. The van der Waals surface area contributed by atoms with Crippen LogP contribution in [0.5, 0.6) is 5.75 Å². The van der Waals surface area contributed by atoms with E-state index in [1.54, 1.807) is 6.07 Å². The van der Waals surface area contributed by atoms with Crippen LogP contribution in [0.3, 0.4) is 0 Å². The maximum Gasteiger partial charge on any atom is 0.262 e. The van der Waals surface area contributed by atoms with Crippen molar-refractivity contribution in [3.63, 3.8) is 0 Å². The molecule has 1 heterocycles. The van der Waals surface area contributed by atoms with E-state index < -0.39 is 17.5 Å². The van der Waals surface area contributed by atoms with Crippen LogP contribution in [0.1, 0.15) is 0 Å². The number of aromatic nitrogens is 1. The highest BCUT2D eigenvalue weighted by molar-refractivity contribution is 6.07. The van der Waals surface area contributed by atoms with E-state index in [1.165, 1.54) is 0 Å². The van der Waals surface area contributed by atoms with Crippen molar-refractivity contribution in [2.24, 2.45) is 0 Å². The number of halogens is 2. The Morgan fingerprint density at radius 1 is 0.923 bits per heavy atom. The Hall–Kier alpha value is -3.41. The van der Waals surface area contributed by atoms with Crippen molar-refractivity contribution in [2.75, 3.05) is 11.9 Å². The maximum atomic E-state index is 13.1. The molecule has 4 nitrogen and oxygen atoms in total. The largest absolute Gasteiger partial charge is 0.484 e. The highest BCUT2D eigenvalue weighted by Crippen LogP contribution is 2.28. The predicted octanol–water partition coefficient (Wildman–Crippen LogP) is 4.62. The van der Waals surface area contributed by atoms with Crippen LogP contribution in [0.15, 0.2) is 60.7 Å². The number of ether oxygens (including phenoxy) is 1. The van der Waals surface area contributed by atoms with E-state index >= 15 is 0 Å². The molecule has 26 heavy (non-hydrogen) atoms. The summed E-state index contributed by atoms with van der Waals surface area (Å²) in [5.74, 6) is -1.51. The van der Waals surface area contributed by atoms with Crippen molar-refractivity contribution in [1.82, 2.24) is 4.98 Å². The normalized spacial score (nSPS) is 11.0. The monoisotopic (exact) mass is 352 g/mol. The topological polar surface area (TPSA) is 54.1 Å². The minimum absolute atomic E-state index is 0.0437. The summed E-state index contributed by atoms with van der Waals surface area (Å²) in [5, 5.41) is 4.57. The Bertz CT molecular complexity index is 1100. The molecule has 0 bridgehead atoms. The van der Waals surface area contributed by atoms with Gasteiger partial charge in [0, 0.05) is 34.1 Å². The molecule has 0 atom stereocenters. The number of carbonyl (C=O) groups is 1. The lowest BCUT2D eigenvalue weighted by atomic mass is 10.1. The van der Waals surface area contributed by atoms with Gasteiger partial charge >= 0.3 is 0 Å². The maximum absolute atomic E-state index is 13.1. The zero-order valence-electron chi connectivity index (χ0n) is 13.6. The second kappa shape index (κ2) is 6.48. The molecule has 4 rings (SSSR count). The number of carbonyl (C=O) groups excluding carboxylic acids is 1. The fourth-order valence-corrected chi connectivity index (χ4v) is 2.90. The summed E-state index contributed by atoms with van der Waals surface area (Å²) in [6, 6.07) is 16.3. The van der Waals surface area contributed by atoms with Crippen molar-refractivity contribution < 1.29 is 18.3 Å². The summed E-state index contributed by atoms with van der Waals surface area (Å²) in [4.78, 5) is 15.2. The van der Waals surface area contributed by atoms with Crippen molar-refractivity contribution >= 4 is 33.4 Å². The van der Waals surface area contributed by atoms with Crippen LogP contribution in [0.25, 0.3) is 21.8 Å². The first-order chi connectivity index (χ1) is 12.6. The zero-order chi connectivity index (χ0) is 18.1. The van der Waals surface area contributed by atoms with E-state index in [-0.39, 0.29) is 12.3 Å². The molecule has 0 aliphatic heterocycles. The third-order valence-electron chi connectivity index (χ3n) is 3.99. The number of nitrogens with one attached hydrogen (secondary N) is 2. The summed E-state index contributed by atoms with van der Waals surface area (Å²) in [7, 11) is 0. The lowest BCUT2D eigenvalue weighted by Crippen LogP contribution is -2.20. The van der Waals surface area contributed by atoms with Crippen LogP contribution in [0.4, 0.5) is 14.5 Å². The molecule has 0 aliphatic rings. The molecule has 0 spiro atoms. The molecule has 0 saturated carbocycles. The SMILES string of the molecule is O=C(COc1ccc2c(c1)[nH]c1ccccc12)Nc1cc(F)cc(F)c1. The fourth-order valence-electron chi connectivity index (χ4n) is 2.90. The Morgan fingerprint density at radius 2 is 1.65 bits per heavy atom. The van der Waals surface area contributed by atoms with E-state index in [9.17, 15) is 13.6 Å². The molecule has 0 fully saturated rings. The molecule has 0 aliphatic carbocycles. The van der Waals surface area contributed by atoms with E-state index in [4.69, 9.17) is 4.74 Å². The molecule has 2 N–H and O–H groups in total. The van der Waals surface area contributed by atoms with Gasteiger partial charge in [0.15, 0.2) is 6.61 Å². The number of para-hydroxylation sites is 1. The number of benzene rings is 3. The van der Waals surface area contributed by atoms with Crippen LogP contribution in [0.2, 0.25) is 0 Å². The Kier molecular flexibility index (Phi) is 4.01. The first-order valence-corrected chi connectivity index (χ1v) is 7.98. The number of H-pyrrole nitrogens is 1. The van der Waals surface area contributed by atoms with Crippen LogP contribution in [-0.4, -0.2) is 17.5 Å². The fraction of sp³-hybridized carbons (Fsp3) is 0.0500. The van der Waals surface area contributed by atoms with Gasteiger partial charge in [0.25, 0.3) is 5.91 Å². The summed E-state index contributed by atoms with van der Waals surface area (Å²) < 4.78 is 31.8. The lowest BCUT2D eigenvalue weighted by molar-refractivity contribution is -0.118. The molecule has 1 amide bonds. The van der Waals surface area contributed by atoms with Crippen molar-refractivity contribution in [3.05, 3.63) is 72.3 Å².